The van der Waals surface area contributed by atoms with Gasteiger partial charge in [0.05, 0.1) is 25.9 Å². The highest BCUT2D eigenvalue weighted by molar-refractivity contribution is 5.80. The maximum atomic E-state index is 9.95. The van der Waals surface area contributed by atoms with E-state index in [1.54, 1.807) is 7.11 Å². The van der Waals surface area contributed by atoms with E-state index in [-0.39, 0.29) is 6.10 Å². The van der Waals surface area contributed by atoms with Crippen molar-refractivity contribution in [2.45, 2.75) is 38.7 Å². The van der Waals surface area contributed by atoms with Crippen LogP contribution in [0.5, 0.6) is 0 Å². The smallest absolute Gasteiger partial charge is 0.193 e. The van der Waals surface area contributed by atoms with Gasteiger partial charge in [-0.1, -0.05) is 6.42 Å². The monoisotopic (exact) mass is 327 g/mol. The maximum Gasteiger partial charge on any atom is 0.193 e. The van der Waals surface area contributed by atoms with Crippen LogP contribution in [0.2, 0.25) is 0 Å². The molecule has 2 N–H and O–H groups in total. The molecule has 0 aromatic carbocycles. The van der Waals surface area contributed by atoms with Crippen molar-refractivity contribution in [1.29, 1.82) is 0 Å². The first kappa shape index (κ1) is 18.5. The number of aliphatic hydroxyl groups is 1. The Labute approximate surface area is 140 Å². The summed E-state index contributed by atoms with van der Waals surface area (Å²) >= 11 is 0. The summed E-state index contributed by atoms with van der Waals surface area (Å²) in [7, 11) is 1.70. The fraction of sp³-hybridized carbons (Fsp3) is 0.941. The summed E-state index contributed by atoms with van der Waals surface area (Å²) in [6, 6.07) is 0. The van der Waals surface area contributed by atoms with Crippen molar-refractivity contribution in [2.75, 3.05) is 53.1 Å². The molecule has 0 radical (unpaired) electrons. The van der Waals surface area contributed by atoms with E-state index < -0.39 is 0 Å². The van der Waals surface area contributed by atoms with Gasteiger partial charge in [0.2, 0.25) is 0 Å². The van der Waals surface area contributed by atoms with E-state index in [4.69, 9.17) is 14.5 Å². The number of nitrogens with zero attached hydrogens (tertiary/aromatic N) is 2. The van der Waals surface area contributed by atoms with Gasteiger partial charge in [0.15, 0.2) is 5.96 Å². The second-order valence-electron chi connectivity index (χ2n) is 6.62. The van der Waals surface area contributed by atoms with Crippen molar-refractivity contribution in [1.82, 2.24) is 10.2 Å². The van der Waals surface area contributed by atoms with Gasteiger partial charge in [-0.2, -0.15) is 0 Å². The molecule has 3 atom stereocenters. The minimum Gasteiger partial charge on any atom is -0.393 e. The van der Waals surface area contributed by atoms with Gasteiger partial charge >= 0.3 is 0 Å². The predicted octanol–water partition coefficient (Wildman–Crippen LogP) is 1.10. The van der Waals surface area contributed by atoms with Crippen molar-refractivity contribution >= 4 is 5.96 Å². The van der Waals surface area contributed by atoms with E-state index in [2.05, 4.69) is 17.1 Å². The van der Waals surface area contributed by atoms with Crippen molar-refractivity contribution in [3.8, 4) is 0 Å². The third-order valence-electron chi connectivity index (χ3n) is 4.80. The summed E-state index contributed by atoms with van der Waals surface area (Å²) in [5.41, 5.74) is 0. The van der Waals surface area contributed by atoms with Crippen LogP contribution in [0.25, 0.3) is 0 Å². The zero-order valence-corrected chi connectivity index (χ0v) is 14.7. The van der Waals surface area contributed by atoms with E-state index in [0.717, 1.165) is 64.4 Å². The summed E-state index contributed by atoms with van der Waals surface area (Å²) in [4.78, 5) is 7.11. The summed E-state index contributed by atoms with van der Waals surface area (Å²) < 4.78 is 10.7. The molecular formula is C17H33N3O3. The molecule has 2 rings (SSSR count). The van der Waals surface area contributed by atoms with Crippen LogP contribution in [0, 0.1) is 11.8 Å². The van der Waals surface area contributed by atoms with Gasteiger partial charge < -0.3 is 24.8 Å². The highest BCUT2D eigenvalue weighted by Gasteiger charge is 2.27. The van der Waals surface area contributed by atoms with Gasteiger partial charge in [-0.15, -0.1) is 0 Å². The SMILES string of the molecule is CCNC(=NCC1CCCC1O)N1CCC(COCCOC)C1. The number of rotatable bonds is 8. The van der Waals surface area contributed by atoms with E-state index in [0.29, 0.717) is 25.0 Å². The molecule has 0 aromatic heterocycles. The van der Waals surface area contributed by atoms with Crippen LogP contribution in [-0.2, 0) is 9.47 Å². The Hall–Kier alpha value is -0.850. The molecular weight excluding hydrogens is 294 g/mol. The average molecular weight is 327 g/mol. The van der Waals surface area contributed by atoms with Gasteiger partial charge in [-0.25, -0.2) is 0 Å². The quantitative estimate of drug-likeness (QED) is 0.397. The maximum absolute atomic E-state index is 9.95. The molecule has 0 aromatic rings. The molecule has 1 saturated carbocycles. The lowest BCUT2D eigenvalue weighted by Gasteiger charge is -2.22. The van der Waals surface area contributed by atoms with Crippen LogP contribution in [0.3, 0.4) is 0 Å². The van der Waals surface area contributed by atoms with Gasteiger partial charge in [-0.05, 0) is 26.2 Å². The molecule has 1 aliphatic heterocycles. The second-order valence-corrected chi connectivity index (χ2v) is 6.62. The molecule has 2 fully saturated rings. The van der Waals surface area contributed by atoms with Crippen LogP contribution >= 0.6 is 0 Å². The molecule has 1 heterocycles. The minimum absolute atomic E-state index is 0.165. The molecule has 6 nitrogen and oxygen atoms in total. The number of hydrogen-bond donors (Lipinski definition) is 2. The number of hydrogen-bond acceptors (Lipinski definition) is 4. The second kappa shape index (κ2) is 10.1. The van der Waals surface area contributed by atoms with Crippen LogP contribution < -0.4 is 5.32 Å². The first-order valence-corrected chi connectivity index (χ1v) is 9.02. The van der Waals surface area contributed by atoms with E-state index in [1.165, 1.54) is 0 Å². The van der Waals surface area contributed by atoms with Crippen molar-refractivity contribution in [3.63, 3.8) is 0 Å². The van der Waals surface area contributed by atoms with Gasteiger partial charge in [0.25, 0.3) is 0 Å². The number of nitrogens with one attached hydrogen (secondary N) is 1. The average Bonchev–Trinajstić information content (AvgIpc) is 3.17. The van der Waals surface area contributed by atoms with Crippen molar-refractivity contribution in [3.05, 3.63) is 0 Å². The lowest BCUT2D eigenvalue weighted by molar-refractivity contribution is 0.0536. The Kier molecular flexibility index (Phi) is 8.12. The summed E-state index contributed by atoms with van der Waals surface area (Å²) in [5, 5.41) is 13.3. The highest BCUT2D eigenvalue weighted by atomic mass is 16.5. The molecule has 1 aliphatic carbocycles. The largest absolute Gasteiger partial charge is 0.393 e. The normalized spacial score (nSPS) is 28.6. The lowest BCUT2D eigenvalue weighted by Crippen LogP contribution is -2.40. The molecule has 0 amide bonds. The first-order chi connectivity index (χ1) is 11.2. The molecule has 2 aliphatic rings. The Balaban J connectivity index is 1.78. The lowest BCUT2D eigenvalue weighted by atomic mass is 10.1. The van der Waals surface area contributed by atoms with Crippen LogP contribution in [0.15, 0.2) is 4.99 Å². The Morgan fingerprint density at radius 2 is 2.17 bits per heavy atom. The molecule has 134 valence electrons. The summed E-state index contributed by atoms with van der Waals surface area (Å²) in [6.45, 7) is 7.84. The molecule has 0 bridgehead atoms. The molecule has 0 spiro atoms. The Bertz CT molecular complexity index is 365. The summed E-state index contributed by atoms with van der Waals surface area (Å²) in [6.07, 6.45) is 4.13. The van der Waals surface area contributed by atoms with Crippen LogP contribution in [0.1, 0.15) is 32.6 Å². The van der Waals surface area contributed by atoms with Gasteiger partial charge in [0, 0.05) is 45.1 Å². The van der Waals surface area contributed by atoms with Crippen molar-refractivity contribution in [2.24, 2.45) is 16.8 Å². The molecule has 1 saturated heterocycles. The van der Waals surface area contributed by atoms with E-state index in [1.807, 2.05) is 0 Å². The number of methoxy groups -OCH3 is 1. The van der Waals surface area contributed by atoms with Crippen LogP contribution in [0.4, 0.5) is 0 Å². The molecule has 23 heavy (non-hydrogen) atoms. The fourth-order valence-electron chi connectivity index (χ4n) is 3.41. The standard InChI is InChI=1S/C17H33N3O3/c1-3-18-17(19-11-15-5-4-6-16(15)21)20-8-7-14(12-20)13-23-10-9-22-2/h14-16,21H,3-13H2,1-2H3,(H,18,19). The van der Waals surface area contributed by atoms with Gasteiger partial charge in [-0.3, -0.25) is 4.99 Å². The van der Waals surface area contributed by atoms with Crippen molar-refractivity contribution < 1.29 is 14.6 Å². The third kappa shape index (κ3) is 5.94. The predicted molar refractivity (Wildman–Crippen MR) is 91.7 cm³/mol. The number of aliphatic hydroxyl groups excluding tert-OH is 1. The molecule has 3 unspecified atom stereocenters. The van der Waals surface area contributed by atoms with Gasteiger partial charge in [0.1, 0.15) is 0 Å². The molecule has 6 heteroatoms. The Morgan fingerprint density at radius 1 is 1.30 bits per heavy atom. The number of ether oxygens (including phenoxy) is 2. The number of guanidine groups is 1. The van der Waals surface area contributed by atoms with Crippen LogP contribution in [-0.4, -0.2) is 75.2 Å². The van der Waals surface area contributed by atoms with E-state index >= 15 is 0 Å². The number of likely N-dealkylation sites (tertiary alicyclic amines) is 1. The first-order valence-electron chi connectivity index (χ1n) is 9.02. The Morgan fingerprint density at radius 3 is 2.87 bits per heavy atom. The third-order valence-corrected chi connectivity index (χ3v) is 4.80. The fourth-order valence-corrected chi connectivity index (χ4v) is 3.41. The topological polar surface area (TPSA) is 66.3 Å². The summed E-state index contributed by atoms with van der Waals surface area (Å²) in [5.74, 6) is 1.89. The zero-order chi connectivity index (χ0) is 16.5. The van der Waals surface area contributed by atoms with E-state index in [9.17, 15) is 5.11 Å². The highest BCUT2D eigenvalue weighted by Crippen LogP contribution is 2.26. The minimum atomic E-state index is -0.165. The number of aliphatic imine (C=N–C) groups is 1. The zero-order valence-electron chi connectivity index (χ0n) is 14.7.